The Balaban J connectivity index is 1.89. The van der Waals surface area contributed by atoms with Crippen molar-refractivity contribution in [1.29, 1.82) is 0 Å². The van der Waals surface area contributed by atoms with Crippen LogP contribution in [0.1, 0.15) is 39.0 Å². The molecule has 2 fully saturated rings. The third-order valence-corrected chi connectivity index (χ3v) is 4.59. The summed E-state index contributed by atoms with van der Waals surface area (Å²) in [6, 6.07) is 0. The molecule has 0 spiro atoms. The maximum Gasteiger partial charge on any atom is 0.306 e. The van der Waals surface area contributed by atoms with Crippen LogP contribution in [0.15, 0.2) is 0 Å². The number of rotatable bonds is 3. The van der Waals surface area contributed by atoms with Gasteiger partial charge in [-0.1, -0.05) is 6.92 Å². The number of carboxylic acid groups (broad SMARTS) is 1. The van der Waals surface area contributed by atoms with Crippen molar-refractivity contribution < 1.29 is 19.5 Å². The van der Waals surface area contributed by atoms with Gasteiger partial charge < -0.3 is 14.9 Å². The average Bonchev–Trinajstić information content (AvgIpc) is 2.84. The molecule has 1 heterocycles. The molecule has 1 saturated heterocycles. The van der Waals surface area contributed by atoms with E-state index >= 15 is 0 Å². The van der Waals surface area contributed by atoms with Crippen molar-refractivity contribution in [3.8, 4) is 0 Å². The summed E-state index contributed by atoms with van der Waals surface area (Å²) >= 11 is 0. The van der Waals surface area contributed by atoms with Gasteiger partial charge in [-0.2, -0.15) is 0 Å². The molecular formula is C15H24N2O4. The second-order valence-corrected chi connectivity index (χ2v) is 5.96. The number of carboxylic acids is 1. The predicted molar refractivity (Wildman–Crippen MR) is 76.5 cm³/mol. The zero-order valence-electron chi connectivity index (χ0n) is 12.6. The highest BCUT2D eigenvalue weighted by molar-refractivity contribution is 5.81. The van der Waals surface area contributed by atoms with Gasteiger partial charge in [0.15, 0.2) is 0 Å². The van der Waals surface area contributed by atoms with E-state index in [2.05, 4.69) is 0 Å². The van der Waals surface area contributed by atoms with Crippen molar-refractivity contribution in [2.45, 2.75) is 39.0 Å². The van der Waals surface area contributed by atoms with Crippen LogP contribution in [0.2, 0.25) is 0 Å². The van der Waals surface area contributed by atoms with Gasteiger partial charge in [0.1, 0.15) is 0 Å². The quantitative estimate of drug-likeness (QED) is 0.841. The minimum Gasteiger partial charge on any atom is -0.481 e. The van der Waals surface area contributed by atoms with Crippen molar-refractivity contribution in [2.75, 3.05) is 26.2 Å². The van der Waals surface area contributed by atoms with Crippen LogP contribution in [0.25, 0.3) is 0 Å². The van der Waals surface area contributed by atoms with Gasteiger partial charge in [0.2, 0.25) is 11.8 Å². The number of amides is 2. The molecule has 1 aliphatic carbocycles. The maximum atomic E-state index is 12.5. The first kappa shape index (κ1) is 15.8. The molecule has 2 rings (SSSR count). The Morgan fingerprint density at radius 2 is 1.62 bits per heavy atom. The van der Waals surface area contributed by atoms with Crippen LogP contribution < -0.4 is 0 Å². The number of aliphatic carboxylic acids is 1. The van der Waals surface area contributed by atoms with Crippen molar-refractivity contribution in [3.05, 3.63) is 0 Å². The highest BCUT2D eigenvalue weighted by Gasteiger charge is 2.36. The zero-order chi connectivity index (χ0) is 15.4. The van der Waals surface area contributed by atoms with E-state index in [1.165, 1.54) is 0 Å². The van der Waals surface area contributed by atoms with Crippen LogP contribution in [-0.4, -0.2) is 58.9 Å². The first-order valence-electron chi connectivity index (χ1n) is 7.82. The maximum absolute atomic E-state index is 12.5. The summed E-state index contributed by atoms with van der Waals surface area (Å²) in [7, 11) is 0. The Hall–Kier alpha value is -1.59. The minimum absolute atomic E-state index is 0.0737. The largest absolute Gasteiger partial charge is 0.481 e. The van der Waals surface area contributed by atoms with Crippen molar-refractivity contribution >= 4 is 17.8 Å². The van der Waals surface area contributed by atoms with Crippen LogP contribution >= 0.6 is 0 Å². The van der Waals surface area contributed by atoms with Gasteiger partial charge in [-0.25, -0.2) is 0 Å². The fourth-order valence-corrected chi connectivity index (χ4v) is 3.30. The van der Waals surface area contributed by atoms with Crippen LogP contribution in [0.3, 0.4) is 0 Å². The molecule has 118 valence electrons. The molecule has 2 atom stereocenters. The second-order valence-electron chi connectivity index (χ2n) is 5.96. The topological polar surface area (TPSA) is 77.9 Å². The first-order valence-corrected chi connectivity index (χ1v) is 7.82. The molecule has 0 aromatic heterocycles. The van der Waals surface area contributed by atoms with E-state index < -0.39 is 5.97 Å². The number of nitrogens with zero attached hydrogens (tertiary/aromatic N) is 2. The van der Waals surface area contributed by atoms with E-state index in [0.717, 1.165) is 6.42 Å². The van der Waals surface area contributed by atoms with E-state index in [1.807, 2.05) is 16.7 Å². The molecule has 0 unspecified atom stereocenters. The first-order chi connectivity index (χ1) is 10.0. The number of hydrogen-bond acceptors (Lipinski definition) is 3. The van der Waals surface area contributed by atoms with Gasteiger partial charge in [0, 0.05) is 38.5 Å². The molecular weight excluding hydrogens is 272 g/mol. The Morgan fingerprint density at radius 3 is 2.24 bits per heavy atom. The Kier molecular flexibility index (Phi) is 5.20. The molecule has 21 heavy (non-hydrogen) atoms. The summed E-state index contributed by atoms with van der Waals surface area (Å²) in [5, 5.41) is 9.02. The molecule has 6 nitrogen and oxygen atoms in total. The van der Waals surface area contributed by atoms with Crippen LogP contribution in [-0.2, 0) is 14.4 Å². The smallest absolute Gasteiger partial charge is 0.306 e. The monoisotopic (exact) mass is 296 g/mol. The lowest BCUT2D eigenvalue weighted by molar-refractivity contribution is -0.142. The Labute approximate surface area is 125 Å². The van der Waals surface area contributed by atoms with Gasteiger partial charge in [-0.05, 0) is 25.7 Å². The molecule has 6 heteroatoms. The number of carbonyl (C=O) groups is 3. The molecule has 1 N–H and O–H groups in total. The second kappa shape index (κ2) is 6.91. The van der Waals surface area contributed by atoms with E-state index in [4.69, 9.17) is 5.11 Å². The van der Waals surface area contributed by atoms with Crippen LogP contribution in [0.5, 0.6) is 0 Å². The lowest BCUT2D eigenvalue weighted by atomic mass is 10.0. The van der Waals surface area contributed by atoms with Gasteiger partial charge in [-0.3, -0.25) is 14.4 Å². The lowest BCUT2D eigenvalue weighted by Gasteiger charge is -2.24. The summed E-state index contributed by atoms with van der Waals surface area (Å²) in [5.41, 5.74) is 0. The molecule has 0 radical (unpaired) electrons. The fraction of sp³-hybridized carbons (Fsp3) is 0.800. The van der Waals surface area contributed by atoms with Gasteiger partial charge in [0.25, 0.3) is 0 Å². The summed E-state index contributed by atoms with van der Waals surface area (Å²) in [6.07, 6.45) is 3.02. The molecule has 0 bridgehead atoms. The normalized spacial score (nSPS) is 26.5. The van der Waals surface area contributed by atoms with Gasteiger partial charge >= 0.3 is 5.97 Å². The third kappa shape index (κ3) is 3.74. The Morgan fingerprint density at radius 1 is 1.00 bits per heavy atom. The lowest BCUT2D eigenvalue weighted by Crippen LogP contribution is -2.39. The summed E-state index contributed by atoms with van der Waals surface area (Å²) in [4.78, 5) is 38.8. The highest BCUT2D eigenvalue weighted by Crippen LogP contribution is 2.32. The molecule has 0 aromatic carbocycles. The van der Waals surface area contributed by atoms with Crippen LogP contribution in [0, 0.1) is 11.8 Å². The van der Waals surface area contributed by atoms with Crippen molar-refractivity contribution in [2.24, 2.45) is 11.8 Å². The van der Waals surface area contributed by atoms with E-state index in [1.54, 1.807) is 0 Å². The number of carbonyl (C=O) groups excluding carboxylic acids is 2. The van der Waals surface area contributed by atoms with E-state index in [-0.39, 0.29) is 23.7 Å². The predicted octanol–water partition coefficient (Wildman–Crippen LogP) is 0.958. The molecule has 0 aromatic rings. The average molecular weight is 296 g/mol. The van der Waals surface area contributed by atoms with Crippen molar-refractivity contribution in [3.63, 3.8) is 0 Å². The van der Waals surface area contributed by atoms with E-state index in [0.29, 0.717) is 51.9 Å². The SMILES string of the molecule is CCC(=O)N1CCCN(C(=O)[C@@H]2CC[C@H](C(=O)O)C2)CC1. The van der Waals surface area contributed by atoms with E-state index in [9.17, 15) is 14.4 Å². The minimum atomic E-state index is -0.791. The summed E-state index contributed by atoms with van der Waals surface area (Å²) < 4.78 is 0. The molecule has 2 amide bonds. The molecule has 2 aliphatic rings. The van der Waals surface area contributed by atoms with Gasteiger partial charge in [0.05, 0.1) is 5.92 Å². The standard InChI is InChI=1S/C15H24N2O4/c1-2-13(18)16-6-3-7-17(9-8-16)14(19)11-4-5-12(10-11)15(20)21/h11-12H,2-10H2,1H3,(H,20,21)/t11-,12+/m1/s1. The number of hydrogen-bond donors (Lipinski definition) is 1. The van der Waals surface area contributed by atoms with Crippen LogP contribution in [0.4, 0.5) is 0 Å². The fourth-order valence-electron chi connectivity index (χ4n) is 3.30. The highest BCUT2D eigenvalue weighted by atomic mass is 16.4. The third-order valence-electron chi connectivity index (χ3n) is 4.59. The van der Waals surface area contributed by atoms with Crippen molar-refractivity contribution in [1.82, 2.24) is 9.80 Å². The zero-order valence-corrected chi connectivity index (χ0v) is 12.6. The Bertz CT molecular complexity index is 424. The molecule has 1 saturated carbocycles. The molecule has 1 aliphatic heterocycles. The summed E-state index contributed by atoms with van der Waals surface area (Å²) in [6.45, 7) is 4.38. The summed E-state index contributed by atoms with van der Waals surface area (Å²) in [5.74, 6) is -1.11. The van der Waals surface area contributed by atoms with Gasteiger partial charge in [-0.15, -0.1) is 0 Å².